The van der Waals surface area contributed by atoms with Gasteiger partial charge in [-0.15, -0.1) is 0 Å². The average Bonchev–Trinajstić information content (AvgIpc) is 3.43. The van der Waals surface area contributed by atoms with E-state index in [1.807, 2.05) is 36.7 Å². The van der Waals surface area contributed by atoms with E-state index in [1.165, 1.54) is 11.8 Å². The van der Waals surface area contributed by atoms with Crippen LogP contribution in [0.3, 0.4) is 0 Å². The fraction of sp³-hybridized carbons (Fsp3) is 0.227. The summed E-state index contributed by atoms with van der Waals surface area (Å²) in [6.07, 6.45) is 5.20. The van der Waals surface area contributed by atoms with Crippen LogP contribution in [0.15, 0.2) is 36.8 Å². The molecule has 0 spiro atoms. The van der Waals surface area contributed by atoms with E-state index in [0.29, 0.717) is 11.5 Å². The monoisotopic (exact) mass is 414 g/mol. The number of H-pyrrole nitrogens is 2. The predicted molar refractivity (Wildman–Crippen MR) is 117 cm³/mol. The number of nitriles is 1. The SMILES string of the molecule is CCNCc1cncc(-c2ccc3[nH]nc(-c4ncc(C(=O)NCC#N)[nH]4)c3c2)c1C. The van der Waals surface area contributed by atoms with Crippen molar-refractivity contribution in [3.63, 3.8) is 0 Å². The smallest absolute Gasteiger partial charge is 0.270 e. The van der Waals surface area contributed by atoms with Gasteiger partial charge in [-0.25, -0.2) is 4.98 Å². The maximum Gasteiger partial charge on any atom is 0.270 e. The van der Waals surface area contributed by atoms with Crippen LogP contribution in [-0.4, -0.2) is 44.1 Å². The first-order valence-electron chi connectivity index (χ1n) is 9.95. The molecule has 4 rings (SSSR count). The first kappa shape index (κ1) is 20.3. The molecule has 0 atom stereocenters. The van der Waals surface area contributed by atoms with Crippen molar-refractivity contribution >= 4 is 16.8 Å². The van der Waals surface area contributed by atoms with Crippen molar-refractivity contribution < 1.29 is 4.79 Å². The van der Waals surface area contributed by atoms with Gasteiger partial charge in [-0.3, -0.25) is 14.9 Å². The number of amides is 1. The Morgan fingerprint density at radius 2 is 2.13 bits per heavy atom. The van der Waals surface area contributed by atoms with Crippen LogP contribution >= 0.6 is 0 Å². The second-order valence-electron chi connectivity index (χ2n) is 7.07. The number of benzene rings is 1. The van der Waals surface area contributed by atoms with Gasteiger partial charge >= 0.3 is 0 Å². The van der Waals surface area contributed by atoms with Crippen molar-refractivity contribution in [2.45, 2.75) is 20.4 Å². The number of nitrogens with one attached hydrogen (secondary N) is 4. The van der Waals surface area contributed by atoms with E-state index in [0.717, 1.165) is 40.7 Å². The summed E-state index contributed by atoms with van der Waals surface area (Å²) in [5.74, 6) is 0.0845. The van der Waals surface area contributed by atoms with Crippen LogP contribution in [0, 0.1) is 18.3 Å². The molecule has 0 aliphatic carbocycles. The Kier molecular flexibility index (Phi) is 5.73. The van der Waals surface area contributed by atoms with Gasteiger partial charge in [0.05, 0.1) is 17.8 Å². The van der Waals surface area contributed by atoms with Gasteiger partial charge in [-0.1, -0.05) is 13.0 Å². The molecule has 0 unspecified atom stereocenters. The number of rotatable bonds is 7. The van der Waals surface area contributed by atoms with Crippen LogP contribution in [0.5, 0.6) is 0 Å². The lowest BCUT2D eigenvalue weighted by Crippen LogP contribution is -2.23. The minimum Gasteiger partial charge on any atom is -0.338 e. The number of imidazole rings is 1. The van der Waals surface area contributed by atoms with E-state index in [1.54, 1.807) is 0 Å². The number of hydrogen-bond donors (Lipinski definition) is 4. The van der Waals surface area contributed by atoms with E-state index in [9.17, 15) is 4.79 Å². The number of nitrogens with zero attached hydrogens (tertiary/aromatic N) is 4. The molecular formula is C22H22N8O. The highest BCUT2D eigenvalue weighted by atomic mass is 16.1. The molecule has 9 nitrogen and oxygen atoms in total. The third-order valence-electron chi connectivity index (χ3n) is 5.13. The lowest BCUT2D eigenvalue weighted by atomic mass is 9.98. The Labute approximate surface area is 178 Å². The molecule has 0 aliphatic heterocycles. The van der Waals surface area contributed by atoms with Gasteiger partial charge < -0.3 is 15.6 Å². The predicted octanol–water partition coefficient (Wildman–Crippen LogP) is 2.69. The maximum absolute atomic E-state index is 12.1. The largest absolute Gasteiger partial charge is 0.338 e. The Hall–Kier alpha value is -4.03. The Bertz CT molecular complexity index is 1280. The lowest BCUT2D eigenvalue weighted by molar-refractivity contribution is 0.0954. The number of carbonyl (C=O) groups is 1. The quantitative estimate of drug-likeness (QED) is 0.343. The zero-order valence-corrected chi connectivity index (χ0v) is 17.3. The van der Waals surface area contributed by atoms with E-state index in [2.05, 4.69) is 49.6 Å². The molecule has 31 heavy (non-hydrogen) atoms. The number of pyridine rings is 1. The van der Waals surface area contributed by atoms with Gasteiger partial charge in [0.25, 0.3) is 5.91 Å². The third kappa shape index (κ3) is 4.01. The summed E-state index contributed by atoms with van der Waals surface area (Å²) in [4.78, 5) is 23.8. The summed E-state index contributed by atoms with van der Waals surface area (Å²) in [7, 11) is 0. The van der Waals surface area contributed by atoms with Crippen LogP contribution < -0.4 is 10.6 Å². The molecule has 1 aromatic carbocycles. The summed E-state index contributed by atoms with van der Waals surface area (Å²) >= 11 is 0. The molecule has 0 saturated heterocycles. The summed E-state index contributed by atoms with van der Waals surface area (Å²) in [6, 6.07) is 7.93. The topological polar surface area (TPSA) is 135 Å². The standard InChI is InChI=1S/C22H22N8O/c1-3-24-9-15-10-25-11-17(13(15)2)14-4-5-18-16(8-14)20(30-29-18)21-27-12-19(28-21)22(31)26-7-6-23/h4-5,8,10-12,24H,3,7,9H2,1-2H3,(H,26,31)(H,27,28)(H,29,30). The molecule has 0 fully saturated rings. The van der Waals surface area contributed by atoms with Gasteiger partial charge in [0, 0.05) is 29.9 Å². The molecule has 9 heteroatoms. The van der Waals surface area contributed by atoms with E-state index >= 15 is 0 Å². The Morgan fingerprint density at radius 3 is 2.94 bits per heavy atom. The average molecular weight is 414 g/mol. The first-order chi connectivity index (χ1) is 15.1. The van der Waals surface area contributed by atoms with Crippen LogP contribution in [0.25, 0.3) is 33.5 Å². The molecule has 0 saturated carbocycles. The molecule has 3 aromatic heterocycles. The molecule has 1 amide bonds. The number of aromatic nitrogens is 5. The fourth-order valence-electron chi connectivity index (χ4n) is 3.43. The Balaban J connectivity index is 1.71. The second kappa shape index (κ2) is 8.77. The molecule has 3 heterocycles. The van der Waals surface area contributed by atoms with Gasteiger partial charge in [0.15, 0.2) is 5.82 Å². The van der Waals surface area contributed by atoms with Gasteiger partial charge in [0.2, 0.25) is 0 Å². The zero-order chi connectivity index (χ0) is 21.8. The maximum atomic E-state index is 12.1. The van der Waals surface area contributed by atoms with Crippen LogP contribution in [0.2, 0.25) is 0 Å². The third-order valence-corrected chi connectivity index (χ3v) is 5.13. The van der Waals surface area contributed by atoms with Crippen molar-refractivity contribution in [2.24, 2.45) is 0 Å². The van der Waals surface area contributed by atoms with Gasteiger partial charge in [-0.2, -0.15) is 10.4 Å². The highest BCUT2D eigenvalue weighted by Crippen LogP contribution is 2.31. The highest BCUT2D eigenvalue weighted by Gasteiger charge is 2.16. The molecule has 156 valence electrons. The van der Waals surface area contributed by atoms with Crippen molar-refractivity contribution in [3.05, 3.63) is 53.6 Å². The number of fused-ring (bicyclic) bond motifs is 1. The van der Waals surface area contributed by atoms with Crippen molar-refractivity contribution in [2.75, 3.05) is 13.1 Å². The van der Waals surface area contributed by atoms with Crippen molar-refractivity contribution in [1.82, 2.24) is 35.8 Å². The van der Waals surface area contributed by atoms with Gasteiger partial charge in [0.1, 0.15) is 17.9 Å². The Morgan fingerprint density at radius 1 is 1.26 bits per heavy atom. The first-order valence-corrected chi connectivity index (χ1v) is 9.95. The molecule has 0 bridgehead atoms. The van der Waals surface area contributed by atoms with E-state index < -0.39 is 0 Å². The number of hydrogen-bond acceptors (Lipinski definition) is 6. The summed E-state index contributed by atoms with van der Waals surface area (Å²) < 4.78 is 0. The van der Waals surface area contributed by atoms with E-state index in [-0.39, 0.29) is 18.1 Å². The second-order valence-corrected chi connectivity index (χ2v) is 7.07. The zero-order valence-electron chi connectivity index (χ0n) is 17.3. The number of aromatic amines is 2. The molecule has 4 aromatic rings. The highest BCUT2D eigenvalue weighted by molar-refractivity contribution is 5.96. The normalized spacial score (nSPS) is 10.9. The molecular weight excluding hydrogens is 392 g/mol. The minimum absolute atomic E-state index is 0.0674. The van der Waals surface area contributed by atoms with Crippen LogP contribution in [0.1, 0.15) is 28.5 Å². The van der Waals surface area contributed by atoms with Crippen LogP contribution in [0.4, 0.5) is 0 Å². The summed E-state index contributed by atoms with van der Waals surface area (Å²) in [5, 5.41) is 22.7. The van der Waals surface area contributed by atoms with Gasteiger partial charge in [-0.05, 0) is 42.3 Å². The minimum atomic E-state index is -0.389. The van der Waals surface area contributed by atoms with E-state index in [4.69, 9.17) is 5.26 Å². The summed E-state index contributed by atoms with van der Waals surface area (Å²) in [5.41, 5.74) is 6.16. The summed E-state index contributed by atoms with van der Waals surface area (Å²) in [6.45, 7) is 5.78. The lowest BCUT2D eigenvalue weighted by Gasteiger charge is -2.11. The molecule has 4 N–H and O–H groups in total. The fourth-order valence-corrected chi connectivity index (χ4v) is 3.43. The number of carbonyl (C=O) groups excluding carboxylic acids is 1. The molecule has 0 aliphatic rings. The van der Waals surface area contributed by atoms with Crippen molar-refractivity contribution in [3.8, 4) is 28.7 Å². The molecule has 0 radical (unpaired) electrons. The van der Waals surface area contributed by atoms with Crippen LogP contribution in [-0.2, 0) is 6.54 Å². The van der Waals surface area contributed by atoms with Crippen molar-refractivity contribution in [1.29, 1.82) is 5.26 Å².